The molecule has 200 valence electrons. The fourth-order valence-electron chi connectivity index (χ4n) is 6.11. The molecule has 0 fully saturated rings. The predicted octanol–water partition coefficient (Wildman–Crippen LogP) is 8.19. The van der Waals surface area contributed by atoms with Gasteiger partial charge in [-0.1, -0.05) is 60.1 Å². The van der Waals surface area contributed by atoms with E-state index in [0.717, 1.165) is 61.6 Å². The molecular weight excluding hydrogens is 698 g/mol. The summed E-state index contributed by atoms with van der Waals surface area (Å²) in [5.41, 5.74) is 9.06. The third-order valence-corrected chi connectivity index (χ3v) is 7.86. The Morgan fingerprint density at radius 3 is 2.19 bits per heavy atom. The van der Waals surface area contributed by atoms with Crippen LogP contribution in [0.25, 0.3) is 72.4 Å². The second kappa shape index (κ2) is 9.54. The Kier molecular flexibility index (Phi) is 5.63. The van der Waals surface area contributed by atoms with Crippen molar-refractivity contribution in [3.8, 4) is 22.8 Å². The summed E-state index contributed by atoms with van der Waals surface area (Å²) in [6.07, 6.45) is 0. The average Bonchev–Trinajstić information content (AvgIpc) is 3.68. The van der Waals surface area contributed by atoms with Gasteiger partial charge in [0.2, 0.25) is 5.78 Å². The molecule has 0 atom stereocenters. The molecule has 0 N–H and O–H groups in total. The van der Waals surface area contributed by atoms with E-state index in [9.17, 15) is 0 Å². The van der Waals surface area contributed by atoms with E-state index in [4.69, 9.17) is 9.97 Å². The van der Waals surface area contributed by atoms with Crippen molar-refractivity contribution in [2.45, 2.75) is 0 Å². The number of rotatable bonds is 3. The monoisotopic (exact) mass is 718 g/mol. The minimum Gasteiger partial charge on any atom is -0.320 e. The van der Waals surface area contributed by atoms with Crippen LogP contribution in [0, 0.1) is 12.1 Å². The van der Waals surface area contributed by atoms with E-state index < -0.39 is 0 Å². The number of hydrogen-bond donors (Lipinski definition) is 0. The molecule has 5 nitrogen and oxygen atoms in total. The number of aromatic nitrogens is 5. The summed E-state index contributed by atoms with van der Waals surface area (Å²) in [6, 6.07) is 50.8. The van der Waals surface area contributed by atoms with Gasteiger partial charge in [-0.3, -0.25) is 14.0 Å². The minimum absolute atomic E-state index is 0. The van der Waals surface area contributed by atoms with Gasteiger partial charge in [-0.2, -0.15) is 24.3 Å². The molecule has 0 saturated carbocycles. The van der Waals surface area contributed by atoms with Gasteiger partial charge < -0.3 is 4.57 Å². The van der Waals surface area contributed by atoms with E-state index >= 15 is 0 Å². The van der Waals surface area contributed by atoms with Crippen molar-refractivity contribution in [2.75, 3.05) is 0 Å². The van der Waals surface area contributed by atoms with Gasteiger partial charge in [-0.05, 0) is 53.2 Å². The van der Waals surface area contributed by atoms with Gasteiger partial charge in [-0.25, -0.2) is 4.98 Å². The van der Waals surface area contributed by atoms with Crippen molar-refractivity contribution < 1.29 is 21.1 Å². The standard InChI is InChI=1S/C36H21N5.Pt/c1-4-17-30-26(13-1)27-14-2-5-18-31(27)40(30)35-22-10-16-28(37-35)24-11-9-12-25(23-24)39-33-20-7-8-21-34(33)41-32-19-6-3-15-29(32)38-36(39)41;/h1-17,19-22H;/q-2;+2. The van der Waals surface area contributed by atoms with Crippen molar-refractivity contribution in [1.82, 2.24) is 23.5 Å². The molecule has 0 spiro atoms. The van der Waals surface area contributed by atoms with Gasteiger partial charge in [0, 0.05) is 5.52 Å². The molecule has 0 amide bonds. The number of nitrogens with zero attached hydrogens (tertiary/aromatic N) is 5. The van der Waals surface area contributed by atoms with Crippen LogP contribution in [0.4, 0.5) is 0 Å². The van der Waals surface area contributed by atoms with Crippen molar-refractivity contribution in [2.24, 2.45) is 0 Å². The smallest absolute Gasteiger partial charge is 0.320 e. The third-order valence-electron chi connectivity index (χ3n) is 7.86. The molecular formula is C36H21N5Pt. The average molecular weight is 719 g/mol. The fourth-order valence-corrected chi connectivity index (χ4v) is 6.11. The normalized spacial score (nSPS) is 11.6. The van der Waals surface area contributed by atoms with Crippen molar-refractivity contribution in [3.63, 3.8) is 0 Å². The van der Waals surface area contributed by atoms with Crippen molar-refractivity contribution in [1.29, 1.82) is 0 Å². The molecule has 0 saturated heterocycles. The number of pyridine rings is 1. The van der Waals surface area contributed by atoms with E-state index in [1.54, 1.807) is 0 Å². The molecule has 9 aromatic rings. The Morgan fingerprint density at radius 1 is 0.548 bits per heavy atom. The molecule has 9 rings (SSSR count). The van der Waals surface area contributed by atoms with E-state index in [1.807, 2.05) is 24.3 Å². The van der Waals surface area contributed by atoms with Crippen LogP contribution in [-0.4, -0.2) is 23.5 Å². The Hall–Kier alpha value is -4.99. The van der Waals surface area contributed by atoms with Crippen LogP contribution in [-0.2, 0) is 21.1 Å². The molecule has 4 aromatic heterocycles. The van der Waals surface area contributed by atoms with Crippen LogP contribution in [0.2, 0.25) is 0 Å². The van der Waals surface area contributed by atoms with E-state index in [0.29, 0.717) is 0 Å². The number of hydrogen-bond acceptors (Lipinski definition) is 2. The fraction of sp³-hybridized carbons (Fsp3) is 0. The number of benzene rings is 5. The molecule has 4 heterocycles. The zero-order valence-corrected chi connectivity index (χ0v) is 24.4. The molecule has 0 aliphatic rings. The molecule has 5 aromatic carbocycles. The van der Waals surface area contributed by atoms with Gasteiger partial charge in [-0.15, -0.1) is 35.2 Å². The number of para-hydroxylation sites is 6. The van der Waals surface area contributed by atoms with Gasteiger partial charge >= 0.3 is 21.1 Å². The van der Waals surface area contributed by atoms with Crippen molar-refractivity contribution in [3.05, 3.63) is 140 Å². The SMILES string of the molecule is [Pt+2].[c-]1c(-c2cccc(-n3c4[c-]cccc4c4ccccc43)n2)cccc1-n1c2ccccc2n2c3ccccc3nc12. The first-order chi connectivity index (χ1) is 20.3. The predicted molar refractivity (Wildman–Crippen MR) is 165 cm³/mol. The Labute approximate surface area is 255 Å². The maximum atomic E-state index is 5.15. The number of imidazole rings is 2. The molecule has 0 aliphatic carbocycles. The molecule has 42 heavy (non-hydrogen) atoms. The summed E-state index contributed by atoms with van der Waals surface area (Å²) < 4.78 is 6.60. The molecule has 6 heteroatoms. The van der Waals surface area contributed by atoms with Crippen LogP contribution in [0.3, 0.4) is 0 Å². The maximum Gasteiger partial charge on any atom is 2.00 e. The summed E-state index contributed by atoms with van der Waals surface area (Å²) >= 11 is 0. The second-order valence-electron chi connectivity index (χ2n) is 10.2. The summed E-state index contributed by atoms with van der Waals surface area (Å²) in [6.45, 7) is 0. The largest absolute Gasteiger partial charge is 2.00 e. The summed E-state index contributed by atoms with van der Waals surface area (Å²) in [5.74, 6) is 1.71. The third kappa shape index (κ3) is 3.54. The topological polar surface area (TPSA) is 40.0 Å². The van der Waals surface area contributed by atoms with Gasteiger partial charge in [0.1, 0.15) is 5.82 Å². The first-order valence-electron chi connectivity index (χ1n) is 13.6. The van der Waals surface area contributed by atoms with Crippen molar-refractivity contribution >= 4 is 49.7 Å². The Morgan fingerprint density at radius 2 is 1.29 bits per heavy atom. The Balaban J connectivity index is 0.00000267. The zero-order valence-electron chi connectivity index (χ0n) is 22.2. The molecule has 0 aliphatic heterocycles. The number of fused-ring (bicyclic) bond motifs is 8. The summed E-state index contributed by atoms with van der Waals surface area (Å²) in [4.78, 5) is 10.2. The van der Waals surface area contributed by atoms with Gasteiger partial charge in [0.05, 0.1) is 22.1 Å². The van der Waals surface area contributed by atoms with Gasteiger partial charge in [0.15, 0.2) is 0 Å². The van der Waals surface area contributed by atoms with Crippen LogP contribution < -0.4 is 0 Å². The molecule has 0 radical (unpaired) electrons. The summed E-state index contributed by atoms with van der Waals surface area (Å²) in [5, 5.41) is 2.36. The zero-order chi connectivity index (χ0) is 26.9. The van der Waals surface area contributed by atoms with Gasteiger partial charge in [0.25, 0.3) is 0 Å². The van der Waals surface area contributed by atoms with Crippen LogP contribution in [0.5, 0.6) is 0 Å². The van der Waals surface area contributed by atoms with Crippen LogP contribution >= 0.6 is 0 Å². The van der Waals surface area contributed by atoms with Crippen LogP contribution in [0.1, 0.15) is 0 Å². The minimum atomic E-state index is 0. The summed E-state index contributed by atoms with van der Waals surface area (Å²) in [7, 11) is 0. The second-order valence-corrected chi connectivity index (χ2v) is 10.2. The molecule has 0 unspecified atom stereocenters. The maximum absolute atomic E-state index is 5.15. The first kappa shape index (κ1) is 24.8. The van der Waals surface area contributed by atoms with E-state index in [-0.39, 0.29) is 21.1 Å². The van der Waals surface area contributed by atoms with Crippen LogP contribution in [0.15, 0.2) is 127 Å². The van der Waals surface area contributed by atoms with E-state index in [2.05, 4.69) is 129 Å². The Bertz CT molecular complexity index is 2390. The molecule has 0 bridgehead atoms. The quantitative estimate of drug-likeness (QED) is 0.173. The van der Waals surface area contributed by atoms with E-state index in [1.165, 1.54) is 10.8 Å². The first-order valence-corrected chi connectivity index (χ1v) is 13.6.